The molecule has 0 radical (unpaired) electrons. The molecule has 0 atom stereocenters. The molecular formula is C12H12ClN5O. The highest BCUT2D eigenvalue weighted by Gasteiger charge is 2.02. The minimum atomic E-state index is 0.363. The second kappa shape index (κ2) is 5.38. The molecule has 3 aromatic rings. The van der Waals surface area contributed by atoms with Crippen molar-refractivity contribution in [3.63, 3.8) is 0 Å². The van der Waals surface area contributed by atoms with Crippen LogP contribution in [-0.2, 0) is 17.9 Å². The van der Waals surface area contributed by atoms with E-state index in [1.807, 2.05) is 30.5 Å². The van der Waals surface area contributed by atoms with E-state index in [4.69, 9.17) is 16.3 Å². The molecule has 0 saturated carbocycles. The predicted octanol–water partition coefficient (Wildman–Crippen LogP) is 2.02. The molecule has 3 rings (SSSR count). The van der Waals surface area contributed by atoms with Crippen molar-refractivity contribution in [2.75, 3.05) is 6.61 Å². The lowest BCUT2D eigenvalue weighted by Crippen LogP contribution is -2.05. The molecule has 7 heteroatoms. The molecule has 0 aliphatic heterocycles. The highest BCUT2D eigenvalue weighted by Crippen LogP contribution is 2.20. The quantitative estimate of drug-likeness (QED) is 0.725. The van der Waals surface area contributed by atoms with Crippen LogP contribution in [0.5, 0.6) is 0 Å². The zero-order valence-electron chi connectivity index (χ0n) is 10.1. The third kappa shape index (κ3) is 2.74. The Kier molecular flexibility index (Phi) is 3.43. The minimum absolute atomic E-state index is 0.363. The average molecular weight is 278 g/mol. The summed E-state index contributed by atoms with van der Waals surface area (Å²) in [6.45, 7) is 1.71. The van der Waals surface area contributed by atoms with Crippen molar-refractivity contribution in [2.24, 2.45) is 0 Å². The van der Waals surface area contributed by atoms with Crippen molar-refractivity contribution in [1.29, 1.82) is 0 Å². The first-order valence-corrected chi connectivity index (χ1v) is 6.25. The van der Waals surface area contributed by atoms with Crippen LogP contribution in [0.4, 0.5) is 0 Å². The van der Waals surface area contributed by atoms with E-state index in [-0.39, 0.29) is 0 Å². The molecule has 1 aromatic carbocycles. The SMILES string of the molecule is Clc1ccc2c(ccn2CCOCc2nn[nH]n2)c1. The van der Waals surface area contributed by atoms with E-state index in [0.29, 0.717) is 19.0 Å². The molecule has 19 heavy (non-hydrogen) atoms. The summed E-state index contributed by atoms with van der Waals surface area (Å²) >= 11 is 5.96. The molecule has 2 heterocycles. The Morgan fingerprint density at radius 2 is 2.26 bits per heavy atom. The highest BCUT2D eigenvalue weighted by atomic mass is 35.5. The fourth-order valence-electron chi connectivity index (χ4n) is 1.94. The number of benzene rings is 1. The van der Waals surface area contributed by atoms with Crippen LogP contribution in [-0.4, -0.2) is 31.8 Å². The van der Waals surface area contributed by atoms with Gasteiger partial charge in [-0.25, -0.2) is 0 Å². The summed E-state index contributed by atoms with van der Waals surface area (Å²) in [4.78, 5) is 0. The molecule has 0 bridgehead atoms. The maximum Gasteiger partial charge on any atom is 0.200 e. The van der Waals surface area contributed by atoms with Gasteiger partial charge in [0.05, 0.1) is 6.61 Å². The number of hydrogen-bond donors (Lipinski definition) is 1. The van der Waals surface area contributed by atoms with Crippen LogP contribution in [0.15, 0.2) is 30.5 Å². The van der Waals surface area contributed by atoms with E-state index in [0.717, 1.165) is 22.5 Å². The second-order valence-electron chi connectivity index (χ2n) is 4.09. The highest BCUT2D eigenvalue weighted by molar-refractivity contribution is 6.31. The minimum Gasteiger partial charge on any atom is -0.371 e. The van der Waals surface area contributed by atoms with Gasteiger partial charge in [-0.15, -0.1) is 10.2 Å². The van der Waals surface area contributed by atoms with E-state index >= 15 is 0 Å². The molecule has 6 nitrogen and oxygen atoms in total. The van der Waals surface area contributed by atoms with Crippen LogP contribution in [0.2, 0.25) is 5.02 Å². The summed E-state index contributed by atoms with van der Waals surface area (Å²) < 4.78 is 7.62. The van der Waals surface area contributed by atoms with Crippen LogP contribution in [0.1, 0.15) is 5.82 Å². The molecule has 0 spiro atoms. The van der Waals surface area contributed by atoms with Crippen LogP contribution in [0, 0.1) is 0 Å². The third-order valence-electron chi connectivity index (χ3n) is 2.83. The molecule has 0 aliphatic carbocycles. The van der Waals surface area contributed by atoms with Crippen LogP contribution in [0.25, 0.3) is 10.9 Å². The van der Waals surface area contributed by atoms with Crippen LogP contribution >= 0.6 is 11.6 Å². The lowest BCUT2D eigenvalue weighted by molar-refractivity contribution is 0.109. The normalized spacial score (nSPS) is 11.2. The predicted molar refractivity (Wildman–Crippen MR) is 70.8 cm³/mol. The van der Waals surface area contributed by atoms with Gasteiger partial charge in [-0.1, -0.05) is 16.8 Å². The van der Waals surface area contributed by atoms with Crippen molar-refractivity contribution in [1.82, 2.24) is 25.2 Å². The summed E-state index contributed by atoms with van der Waals surface area (Å²) in [5.41, 5.74) is 1.15. The standard InChI is InChI=1S/C12H12ClN5O/c13-10-1-2-11-9(7-10)3-4-18(11)5-6-19-8-12-14-16-17-15-12/h1-4,7H,5-6,8H2,(H,14,15,16,17). The van der Waals surface area contributed by atoms with Crippen molar-refractivity contribution in [2.45, 2.75) is 13.2 Å². The molecule has 0 fully saturated rings. The summed E-state index contributed by atoms with van der Waals surface area (Å²) in [5, 5.41) is 15.4. The number of halogens is 1. The van der Waals surface area contributed by atoms with Crippen molar-refractivity contribution in [3.05, 3.63) is 41.3 Å². The fraction of sp³-hybridized carbons (Fsp3) is 0.250. The number of hydrogen-bond acceptors (Lipinski definition) is 4. The number of H-pyrrole nitrogens is 1. The first-order valence-electron chi connectivity index (χ1n) is 5.87. The molecule has 98 valence electrons. The number of nitrogens with one attached hydrogen (secondary N) is 1. The van der Waals surface area contributed by atoms with Crippen LogP contribution in [0.3, 0.4) is 0 Å². The summed E-state index contributed by atoms with van der Waals surface area (Å²) in [5.74, 6) is 0.559. The van der Waals surface area contributed by atoms with Gasteiger partial charge in [0.25, 0.3) is 0 Å². The Labute approximate surface area is 114 Å². The van der Waals surface area contributed by atoms with Gasteiger partial charge in [-0.3, -0.25) is 0 Å². The van der Waals surface area contributed by atoms with E-state index in [9.17, 15) is 0 Å². The number of fused-ring (bicyclic) bond motifs is 1. The maximum atomic E-state index is 5.96. The first kappa shape index (κ1) is 12.1. The van der Waals surface area contributed by atoms with Gasteiger partial charge in [0.15, 0.2) is 5.82 Å². The Balaban J connectivity index is 1.59. The molecule has 0 saturated heterocycles. The number of aromatic amines is 1. The molecule has 1 N–H and O–H groups in total. The monoisotopic (exact) mass is 277 g/mol. The molecule has 0 unspecified atom stereocenters. The zero-order chi connectivity index (χ0) is 13.1. The van der Waals surface area contributed by atoms with Gasteiger partial charge < -0.3 is 9.30 Å². The smallest absolute Gasteiger partial charge is 0.200 e. The molecular weight excluding hydrogens is 266 g/mol. The zero-order valence-corrected chi connectivity index (χ0v) is 10.8. The number of aromatic nitrogens is 5. The maximum absolute atomic E-state index is 5.96. The second-order valence-corrected chi connectivity index (χ2v) is 4.53. The average Bonchev–Trinajstić information content (AvgIpc) is 3.03. The summed E-state index contributed by atoms with van der Waals surface area (Å²) in [6, 6.07) is 7.89. The largest absolute Gasteiger partial charge is 0.371 e. The van der Waals surface area contributed by atoms with Gasteiger partial charge in [0.2, 0.25) is 0 Å². The van der Waals surface area contributed by atoms with E-state index in [1.54, 1.807) is 0 Å². The van der Waals surface area contributed by atoms with E-state index in [1.165, 1.54) is 0 Å². The lowest BCUT2D eigenvalue weighted by Gasteiger charge is -2.05. The van der Waals surface area contributed by atoms with E-state index < -0.39 is 0 Å². The topological polar surface area (TPSA) is 68.6 Å². The third-order valence-corrected chi connectivity index (χ3v) is 3.07. The van der Waals surface area contributed by atoms with Crippen molar-refractivity contribution in [3.8, 4) is 0 Å². The number of tetrazole rings is 1. The summed E-state index contributed by atoms with van der Waals surface area (Å²) in [6.07, 6.45) is 2.03. The van der Waals surface area contributed by atoms with Crippen molar-refractivity contribution < 1.29 is 4.74 Å². The Bertz CT molecular complexity index is 664. The number of ether oxygens (including phenoxy) is 1. The number of nitrogens with zero attached hydrogens (tertiary/aromatic N) is 4. The van der Waals surface area contributed by atoms with Gasteiger partial charge in [0, 0.05) is 28.7 Å². The van der Waals surface area contributed by atoms with Gasteiger partial charge >= 0.3 is 0 Å². The van der Waals surface area contributed by atoms with Crippen LogP contribution < -0.4 is 0 Å². The Morgan fingerprint density at radius 3 is 3.11 bits per heavy atom. The van der Waals surface area contributed by atoms with Gasteiger partial charge in [-0.2, -0.15) is 5.21 Å². The Hall–Kier alpha value is -1.92. The lowest BCUT2D eigenvalue weighted by atomic mass is 10.2. The summed E-state index contributed by atoms with van der Waals surface area (Å²) in [7, 11) is 0. The molecule has 0 amide bonds. The molecule has 2 aromatic heterocycles. The van der Waals surface area contributed by atoms with Gasteiger partial charge in [0.1, 0.15) is 6.61 Å². The van der Waals surface area contributed by atoms with E-state index in [2.05, 4.69) is 25.2 Å². The fourth-order valence-corrected chi connectivity index (χ4v) is 2.12. The number of rotatable bonds is 5. The van der Waals surface area contributed by atoms with Gasteiger partial charge in [-0.05, 0) is 24.3 Å². The Morgan fingerprint density at radius 1 is 1.32 bits per heavy atom. The first-order chi connectivity index (χ1) is 9.33. The van der Waals surface area contributed by atoms with Crippen molar-refractivity contribution >= 4 is 22.5 Å². The molecule has 0 aliphatic rings.